The van der Waals surface area contributed by atoms with Crippen molar-refractivity contribution in [2.75, 3.05) is 5.32 Å². The van der Waals surface area contributed by atoms with E-state index in [0.29, 0.717) is 4.47 Å². The van der Waals surface area contributed by atoms with E-state index in [2.05, 4.69) is 26.2 Å². The molecule has 0 atom stereocenters. The third-order valence-electron chi connectivity index (χ3n) is 2.41. The van der Waals surface area contributed by atoms with Crippen LogP contribution in [0.1, 0.15) is 20.8 Å². The third-order valence-corrected chi connectivity index (χ3v) is 2.91. The summed E-state index contributed by atoms with van der Waals surface area (Å²) >= 11 is 3.15. The van der Waals surface area contributed by atoms with Crippen LogP contribution >= 0.6 is 15.9 Å². The minimum Gasteiger partial charge on any atom is -0.477 e. The summed E-state index contributed by atoms with van der Waals surface area (Å²) in [5, 5.41) is 11.1. The Morgan fingerprint density at radius 2 is 2.00 bits per heavy atom. The molecule has 1 aromatic carbocycles. The van der Waals surface area contributed by atoms with Gasteiger partial charge in [0.05, 0.1) is 17.4 Å². The number of nitrogens with one attached hydrogen (secondary N) is 1. The number of benzene rings is 1. The molecule has 5 nitrogen and oxygen atoms in total. The van der Waals surface area contributed by atoms with E-state index in [-0.39, 0.29) is 16.9 Å². The summed E-state index contributed by atoms with van der Waals surface area (Å²) in [5.74, 6) is -2.46. The molecule has 102 valence electrons. The van der Waals surface area contributed by atoms with E-state index in [9.17, 15) is 14.0 Å². The molecular formula is C13H8BrFN2O3. The summed E-state index contributed by atoms with van der Waals surface area (Å²) in [5.41, 5.74) is 0.0118. The highest BCUT2D eigenvalue weighted by Crippen LogP contribution is 2.17. The highest BCUT2D eigenvalue weighted by Gasteiger charge is 2.13. The summed E-state index contributed by atoms with van der Waals surface area (Å²) in [7, 11) is 0. The van der Waals surface area contributed by atoms with Crippen molar-refractivity contribution in [2.24, 2.45) is 0 Å². The number of aromatic nitrogens is 1. The van der Waals surface area contributed by atoms with Crippen LogP contribution in [0.5, 0.6) is 0 Å². The zero-order valence-corrected chi connectivity index (χ0v) is 11.5. The van der Waals surface area contributed by atoms with Crippen molar-refractivity contribution >= 4 is 33.5 Å². The Balaban J connectivity index is 2.19. The molecule has 0 bridgehead atoms. The molecule has 1 aromatic heterocycles. The molecule has 0 saturated carbocycles. The van der Waals surface area contributed by atoms with Gasteiger partial charge in [0.25, 0.3) is 5.91 Å². The number of anilines is 1. The van der Waals surface area contributed by atoms with Crippen LogP contribution in [0, 0.1) is 5.82 Å². The van der Waals surface area contributed by atoms with Gasteiger partial charge in [-0.15, -0.1) is 0 Å². The third kappa shape index (κ3) is 3.18. The van der Waals surface area contributed by atoms with Crippen LogP contribution in [0.3, 0.4) is 0 Å². The lowest BCUT2D eigenvalue weighted by molar-refractivity contribution is 0.0690. The first-order valence-electron chi connectivity index (χ1n) is 5.43. The molecule has 0 fully saturated rings. The average molecular weight is 339 g/mol. The van der Waals surface area contributed by atoms with Crippen LogP contribution < -0.4 is 5.32 Å². The van der Waals surface area contributed by atoms with Crippen molar-refractivity contribution in [2.45, 2.75) is 0 Å². The van der Waals surface area contributed by atoms with Gasteiger partial charge in [0.15, 0.2) is 0 Å². The van der Waals surface area contributed by atoms with Crippen LogP contribution in [-0.2, 0) is 0 Å². The van der Waals surface area contributed by atoms with E-state index in [1.54, 1.807) is 0 Å². The first-order valence-corrected chi connectivity index (χ1v) is 6.22. The fraction of sp³-hybridized carbons (Fsp3) is 0. The second kappa shape index (κ2) is 5.79. The number of pyridine rings is 1. The lowest BCUT2D eigenvalue weighted by Crippen LogP contribution is -2.14. The molecule has 0 aliphatic carbocycles. The Bertz CT molecular complexity index is 674. The molecule has 0 saturated heterocycles. The summed E-state index contributed by atoms with van der Waals surface area (Å²) < 4.78 is 14.1. The van der Waals surface area contributed by atoms with Crippen molar-refractivity contribution in [1.29, 1.82) is 0 Å². The number of carboxylic acid groups (broad SMARTS) is 1. The molecule has 20 heavy (non-hydrogen) atoms. The summed E-state index contributed by atoms with van der Waals surface area (Å²) in [6.07, 6.45) is 1.19. The lowest BCUT2D eigenvalue weighted by Gasteiger charge is -2.06. The minimum atomic E-state index is -1.17. The molecule has 2 N–H and O–H groups in total. The Morgan fingerprint density at radius 3 is 2.60 bits per heavy atom. The van der Waals surface area contributed by atoms with Gasteiger partial charge < -0.3 is 10.4 Å². The summed E-state index contributed by atoms with van der Waals surface area (Å²) in [6.45, 7) is 0. The van der Waals surface area contributed by atoms with Gasteiger partial charge in [-0.2, -0.15) is 0 Å². The van der Waals surface area contributed by atoms with Gasteiger partial charge in [0.1, 0.15) is 11.5 Å². The number of hydrogen-bond acceptors (Lipinski definition) is 3. The monoisotopic (exact) mass is 338 g/mol. The Morgan fingerprint density at radius 1 is 1.25 bits per heavy atom. The Labute approximate surface area is 121 Å². The van der Waals surface area contributed by atoms with Crippen LogP contribution in [0.2, 0.25) is 0 Å². The molecule has 0 unspecified atom stereocenters. The molecule has 0 radical (unpaired) electrons. The van der Waals surface area contributed by atoms with Gasteiger partial charge in [0, 0.05) is 4.47 Å². The molecule has 2 rings (SSSR count). The molecule has 1 heterocycles. The molecule has 0 spiro atoms. The maximum absolute atomic E-state index is 13.5. The SMILES string of the molecule is O=C(O)c1ccc(NC(=O)c2cc(Br)ccc2F)cn1. The molecule has 0 aliphatic heterocycles. The van der Waals surface area contributed by atoms with E-state index in [4.69, 9.17) is 5.11 Å². The number of carbonyl (C=O) groups is 2. The van der Waals surface area contributed by atoms with Gasteiger partial charge in [-0.05, 0) is 30.3 Å². The molecule has 7 heteroatoms. The minimum absolute atomic E-state index is 0.123. The van der Waals surface area contributed by atoms with E-state index < -0.39 is 17.7 Å². The van der Waals surface area contributed by atoms with Crippen LogP contribution in [-0.4, -0.2) is 22.0 Å². The normalized spacial score (nSPS) is 10.1. The van der Waals surface area contributed by atoms with E-state index in [0.717, 1.165) is 0 Å². The van der Waals surface area contributed by atoms with Gasteiger partial charge in [0.2, 0.25) is 0 Å². The lowest BCUT2D eigenvalue weighted by atomic mass is 10.2. The average Bonchev–Trinajstić information content (AvgIpc) is 2.42. The quantitative estimate of drug-likeness (QED) is 0.901. The predicted octanol–water partition coefficient (Wildman–Crippen LogP) is 2.93. The number of amides is 1. The Kier molecular flexibility index (Phi) is 4.09. The fourth-order valence-electron chi connectivity index (χ4n) is 1.46. The largest absolute Gasteiger partial charge is 0.477 e. The molecule has 2 aromatic rings. The standard InChI is InChI=1S/C13H8BrFN2O3/c14-7-1-3-10(15)9(5-7)12(18)17-8-2-4-11(13(19)20)16-6-8/h1-6H,(H,17,18)(H,19,20). The maximum Gasteiger partial charge on any atom is 0.354 e. The Hall–Kier alpha value is -2.28. The van der Waals surface area contributed by atoms with Crippen molar-refractivity contribution < 1.29 is 19.1 Å². The topological polar surface area (TPSA) is 79.3 Å². The van der Waals surface area contributed by atoms with E-state index in [1.165, 1.54) is 36.5 Å². The van der Waals surface area contributed by atoms with Crippen LogP contribution in [0.4, 0.5) is 10.1 Å². The van der Waals surface area contributed by atoms with Gasteiger partial charge >= 0.3 is 5.97 Å². The number of carbonyl (C=O) groups excluding carboxylic acids is 1. The number of aromatic carboxylic acids is 1. The van der Waals surface area contributed by atoms with Crippen molar-refractivity contribution in [3.8, 4) is 0 Å². The van der Waals surface area contributed by atoms with Crippen LogP contribution in [0.25, 0.3) is 0 Å². The van der Waals surface area contributed by atoms with Gasteiger partial charge in [-0.1, -0.05) is 15.9 Å². The zero-order chi connectivity index (χ0) is 14.7. The first-order chi connectivity index (χ1) is 9.47. The maximum atomic E-state index is 13.5. The highest BCUT2D eigenvalue weighted by atomic mass is 79.9. The van der Waals surface area contributed by atoms with Gasteiger partial charge in [-0.3, -0.25) is 4.79 Å². The fourth-order valence-corrected chi connectivity index (χ4v) is 1.83. The highest BCUT2D eigenvalue weighted by molar-refractivity contribution is 9.10. The number of rotatable bonds is 3. The molecular weight excluding hydrogens is 331 g/mol. The summed E-state index contributed by atoms with van der Waals surface area (Å²) in [6, 6.07) is 6.63. The number of carboxylic acids is 1. The van der Waals surface area contributed by atoms with Crippen LogP contribution in [0.15, 0.2) is 41.0 Å². The number of halogens is 2. The molecule has 0 aliphatic rings. The molecule has 1 amide bonds. The van der Waals surface area contributed by atoms with E-state index in [1.807, 2.05) is 0 Å². The second-order valence-electron chi connectivity index (χ2n) is 3.82. The smallest absolute Gasteiger partial charge is 0.354 e. The van der Waals surface area contributed by atoms with Crippen molar-refractivity contribution in [3.63, 3.8) is 0 Å². The zero-order valence-electron chi connectivity index (χ0n) is 9.93. The van der Waals surface area contributed by atoms with Crippen molar-refractivity contribution in [3.05, 3.63) is 58.1 Å². The van der Waals surface area contributed by atoms with E-state index >= 15 is 0 Å². The number of nitrogens with zero attached hydrogens (tertiary/aromatic N) is 1. The number of hydrogen-bond donors (Lipinski definition) is 2. The summed E-state index contributed by atoms with van der Waals surface area (Å²) in [4.78, 5) is 26.2. The van der Waals surface area contributed by atoms with Gasteiger partial charge in [-0.25, -0.2) is 14.2 Å². The van der Waals surface area contributed by atoms with Crippen molar-refractivity contribution in [1.82, 2.24) is 4.98 Å². The second-order valence-corrected chi connectivity index (χ2v) is 4.73. The first kappa shape index (κ1) is 14.1. The predicted molar refractivity (Wildman–Crippen MR) is 73.2 cm³/mol.